The van der Waals surface area contributed by atoms with E-state index in [9.17, 15) is 0 Å². The fraction of sp³-hybridized carbons (Fsp3) is 0.778. The standard InChI is InChI=1S/C9H18N4O/c1-3-13-8-11-12-9(13)7-10-5-6-14-4-2/h8,10H,3-7H2,1-2H3. The third-order valence-electron chi connectivity index (χ3n) is 1.95. The Labute approximate surface area is 84.5 Å². The molecule has 0 spiro atoms. The maximum atomic E-state index is 5.20. The molecule has 1 aromatic rings. The van der Waals surface area contributed by atoms with Gasteiger partial charge in [0.15, 0.2) is 0 Å². The van der Waals surface area contributed by atoms with Gasteiger partial charge in [-0.2, -0.15) is 0 Å². The molecule has 0 aliphatic rings. The molecule has 0 aromatic carbocycles. The minimum atomic E-state index is 0.747. The molecule has 5 heteroatoms. The van der Waals surface area contributed by atoms with E-state index in [0.29, 0.717) is 0 Å². The van der Waals surface area contributed by atoms with Crippen molar-refractivity contribution in [1.29, 1.82) is 0 Å². The Bertz CT molecular complexity index is 249. The molecule has 0 aliphatic heterocycles. The van der Waals surface area contributed by atoms with Crippen LogP contribution in [0, 0.1) is 0 Å². The lowest BCUT2D eigenvalue weighted by atomic mass is 10.5. The van der Waals surface area contributed by atoms with Gasteiger partial charge in [0.25, 0.3) is 0 Å². The summed E-state index contributed by atoms with van der Waals surface area (Å²) in [6.45, 7) is 8.10. The highest BCUT2D eigenvalue weighted by molar-refractivity contribution is 4.84. The van der Waals surface area contributed by atoms with Crippen LogP contribution in [0.5, 0.6) is 0 Å². The summed E-state index contributed by atoms with van der Waals surface area (Å²) < 4.78 is 7.23. The lowest BCUT2D eigenvalue weighted by Crippen LogP contribution is -2.21. The number of nitrogens with zero attached hydrogens (tertiary/aromatic N) is 3. The smallest absolute Gasteiger partial charge is 0.146 e. The molecule has 0 radical (unpaired) electrons. The van der Waals surface area contributed by atoms with Crippen LogP contribution in [-0.2, 0) is 17.8 Å². The molecule has 14 heavy (non-hydrogen) atoms. The third kappa shape index (κ3) is 3.43. The van der Waals surface area contributed by atoms with Gasteiger partial charge in [0, 0.05) is 19.7 Å². The molecule has 80 valence electrons. The van der Waals surface area contributed by atoms with Gasteiger partial charge >= 0.3 is 0 Å². The van der Waals surface area contributed by atoms with Gasteiger partial charge in [-0.1, -0.05) is 0 Å². The van der Waals surface area contributed by atoms with Crippen molar-refractivity contribution in [3.63, 3.8) is 0 Å². The number of aromatic nitrogens is 3. The first kappa shape index (κ1) is 11.1. The van der Waals surface area contributed by atoms with Gasteiger partial charge in [-0.25, -0.2) is 0 Å². The summed E-state index contributed by atoms with van der Waals surface area (Å²) >= 11 is 0. The van der Waals surface area contributed by atoms with Crippen LogP contribution in [-0.4, -0.2) is 34.5 Å². The molecule has 1 heterocycles. The molecule has 0 atom stereocenters. The maximum absolute atomic E-state index is 5.20. The van der Waals surface area contributed by atoms with Crippen LogP contribution in [0.4, 0.5) is 0 Å². The first-order chi connectivity index (χ1) is 6.88. The monoisotopic (exact) mass is 198 g/mol. The summed E-state index contributed by atoms with van der Waals surface area (Å²) in [5, 5.41) is 11.1. The van der Waals surface area contributed by atoms with Gasteiger partial charge in [-0.3, -0.25) is 0 Å². The van der Waals surface area contributed by atoms with Crippen molar-refractivity contribution >= 4 is 0 Å². The second-order valence-corrected chi connectivity index (χ2v) is 2.91. The SMILES string of the molecule is CCOCCNCc1nncn1CC. The highest BCUT2D eigenvalue weighted by Gasteiger charge is 2.00. The van der Waals surface area contributed by atoms with Crippen molar-refractivity contribution in [2.45, 2.75) is 26.9 Å². The molecule has 0 fully saturated rings. The molecular formula is C9H18N4O. The van der Waals surface area contributed by atoms with Crippen LogP contribution in [0.15, 0.2) is 6.33 Å². The summed E-state index contributed by atoms with van der Waals surface area (Å²) in [4.78, 5) is 0. The third-order valence-corrected chi connectivity index (χ3v) is 1.95. The molecule has 1 N–H and O–H groups in total. The normalized spacial score (nSPS) is 10.7. The van der Waals surface area contributed by atoms with Gasteiger partial charge in [-0.05, 0) is 13.8 Å². The summed E-state index contributed by atoms with van der Waals surface area (Å²) in [5.74, 6) is 0.976. The Hall–Kier alpha value is -0.940. The second kappa shape index (κ2) is 6.50. The molecule has 0 amide bonds. The first-order valence-corrected chi connectivity index (χ1v) is 5.03. The topological polar surface area (TPSA) is 52.0 Å². The molecule has 1 aromatic heterocycles. The Kier molecular flexibility index (Phi) is 5.17. The predicted molar refractivity (Wildman–Crippen MR) is 53.9 cm³/mol. The van der Waals surface area contributed by atoms with E-state index < -0.39 is 0 Å². The Morgan fingerprint density at radius 3 is 3.07 bits per heavy atom. The van der Waals surface area contributed by atoms with E-state index in [2.05, 4.69) is 22.4 Å². The van der Waals surface area contributed by atoms with E-state index in [0.717, 1.165) is 38.7 Å². The van der Waals surface area contributed by atoms with Crippen LogP contribution in [0.2, 0.25) is 0 Å². The number of hydrogen-bond acceptors (Lipinski definition) is 4. The highest BCUT2D eigenvalue weighted by Crippen LogP contribution is 1.93. The number of aryl methyl sites for hydroxylation is 1. The van der Waals surface area contributed by atoms with Crippen LogP contribution >= 0.6 is 0 Å². The molecule has 0 saturated carbocycles. The minimum absolute atomic E-state index is 0.747. The van der Waals surface area contributed by atoms with Crippen molar-refractivity contribution in [2.24, 2.45) is 0 Å². The van der Waals surface area contributed by atoms with Gasteiger partial charge < -0.3 is 14.6 Å². The molecule has 0 unspecified atom stereocenters. The van der Waals surface area contributed by atoms with Crippen molar-refractivity contribution in [1.82, 2.24) is 20.1 Å². The van der Waals surface area contributed by atoms with E-state index in [1.54, 1.807) is 6.33 Å². The van der Waals surface area contributed by atoms with Crippen molar-refractivity contribution < 1.29 is 4.74 Å². The van der Waals surface area contributed by atoms with Crippen molar-refractivity contribution in [3.8, 4) is 0 Å². The lowest BCUT2D eigenvalue weighted by molar-refractivity contribution is 0.149. The molecular weight excluding hydrogens is 180 g/mol. The lowest BCUT2D eigenvalue weighted by Gasteiger charge is -2.05. The Morgan fingerprint density at radius 2 is 2.36 bits per heavy atom. The fourth-order valence-corrected chi connectivity index (χ4v) is 1.17. The molecule has 0 saturated heterocycles. The fourth-order valence-electron chi connectivity index (χ4n) is 1.17. The molecule has 0 aliphatic carbocycles. The second-order valence-electron chi connectivity index (χ2n) is 2.91. The number of rotatable bonds is 7. The van der Waals surface area contributed by atoms with Crippen LogP contribution in [0.3, 0.4) is 0 Å². The van der Waals surface area contributed by atoms with Gasteiger partial charge in [0.2, 0.25) is 0 Å². The number of hydrogen-bond donors (Lipinski definition) is 1. The zero-order valence-electron chi connectivity index (χ0n) is 8.86. The van der Waals surface area contributed by atoms with Crippen LogP contribution in [0.25, 0.3) is 0 Å². The average Bonchev–Trinajstić information content (AvgIpc) is 2.65. The average molecular weight is 198 g/mol. The predicted octanol–water partition coefficient (Wildman–Crippen LogP) is 0.424. The van der Waals surface area contributed by atoms with E-state index in [4.69, 9.17) is 4.74 Å². The van der Waals surface area contributed by atoms with Gasteiger partial charge in [0.05, 0.1) is 13.2 Å². The van der Waals surface area contributed by atoms with Crippen molar-refractivity contribution in [2.75, 3.05) is 19.8 Å². The molecule has 1 rings (SSSR count). The summed E-state index contributed by atoms with van der Waals surface area (Å²) in [6, 6.07) is 0. The van der Waals surface area contributed by atoms with Crippen LogP contribution < -0.4 is 5.32 Å². The van der Waals surface area contributed by atoms with Gasteiger partial charge in [0.1, 0.15) is 12.2 Å². The largest absolute Gasteiger partial charge is 0.380 e. The summed E-state index contributed by atoms with van der Waals surface area (Å²) in [6.07, 6.45) is 1.75. The minimum Gasteiger partial charge on any atom is -0.380 e. The van der Waals surface area contributed by atoms with E-state index in [1.807, 2.05) is 11.5 Å². The summed E-state index contributed by atoms with van der Waals surface area (Å²) in [5.41, 5.74) is 0. The number of nitrogens with one attached hydrogen (secondary N) is 1. The highest BCUT2D eigenvalue weighted by atomic mass is 16.5. The Morgan fingerprint density at radius 1 is 1.50 bits per heavy atom. The maximum Gasteiger partial charge on any atom is 0.146 e. The van der Waals surface area contributed by atoms with Gasteiger partial charge in [-0.15, -0.1) is 10.2 Å². The van der Waals surface area contributed by atoms with Crippen LogP contribution in [0.1, 0.15) is 19.7 Å². The summed E-state index contributed by atoms with van der Waals surface area (Å²) in [7, 11) is 0. The van der Waals surface area contributed by atoms with E-state index in [1.165, 1.54) is 0 Å². The quantitative estimate of drug-likeness (QED) is 0.645. The van der Waals surface area contributed by atoms with Crippen molar-refractivity contribution in [3.05, 3.63) is 12.2 Å². The van der Waals surface area contributed by atoms with E-state index in [-0.39, 0.29) is 0 Å². The molecule has 0 bridgehead atoms. The Balaban J connectivity index is 2.17. The molecule has 5 nitrogen and oxygen atoms in total. The van der Waals surface area contributed by atoms with E-state index >= 15 is 0 Å². The zero-order chi connectivity index (χ0) is 10.2. The zero-order valence-corrected chi connectivity index (χ0v) is 8.86. The first-order valence-electron chi connectivity index (χ1n) is 5.03. The number of ether oxygens (including phenoxy) is 1.